The van der Waals surface area contributed by atoms with E-state index < -0.39 is 10.0 Å². The number of nitrogens with zero attached hydrogens (tertiary/aromatic N) is 2. The quantitative estimate of drug-likeness (QED) is 0.536. The second-order valence-electron chi connectivity index (χ2n) is 7.80. The summed E-state index contributed by atoms with van der Waals surface area (Å²) in [6.07, 6.45) is 4.30. The molecule has 25 heavy (non-hydrogen) atoms. The highest BCUT2D eigenvalue weighted by Gasteiger charge is 2.48. The zero-order valence-corrected chi connectivity index (χ0v) is 17.0. The number of guanidine groups is 1. The molecule has 0 bridgehead atoms. The number of aliphatic imine (C=N–C) groups is 1. The Balaban J connectivity index is 1.86. The van der Waals surface area contributed by atoms with E-state index in [2.05, 4.69) is 31.4 Å². The molecule has 0 radical (unpaired) electrons. The normalized spacial score (nSPS) is 28.4. The molecule has 2 aliphatic rings. The molecule has 2 fully saturated rings. The van der Waals surface area contributed by atoms with Crippen LogP contribution >= 0.6 is 0 Å². The summed E-state index contributed by atoms with van der Waals surface area (Å²) in [6, 6.07) is 0.349. The van der Waals surface area contributed by atoms with Gasteiger partial charge in [-0.25, -0.2) is 12.7 Å². The van der Waals surface area contributed by atoms with Crippen LogP contribution in [0.25, 0.3) is 0 Å². The van der Waals surface area contributed by atoms with E-state index in [1.54, 1.807) is 11.4 Å². The van der Waals surface area contributed by atoms with Crippen molar-refractivity contribution >= 4 is 16.0 Å². The van der Waals surface area contributed by atoms with Crippen molar-refractivity contribution in [3.63, 3.8) is 0 Å². The zero-order valence-electron chi connectivity index (χ0n) is 16.2. The molecule has 1 saturated heterocycles. The highest BCUT2D eigenvalue weighted by Crippen LogP contribution is 2.42. The van der Waals surface area contributed by atoms with Crippen molar-refractivity contribution in [1.82, 2.24) is 14.9 Å². The Morgan fingerprint density at radius 2 is 1.96 bits per heavy atom. The Morgan fingerprint density at radius 3 is 2.44 bits per heavy atom. The van der Waals surface area contributed by atoms with Crippen LogP contribution in [0.5, 0.6) is 0 Å². The van der Waals surface area contributed by atoms with Gasteiger partial charge in [0.05, 0.1) is 12.4 Å². The number of nitrogens with one attached hydrogen (secondary N) is 2. The number of rotatable bonds is 6. The van der Waals surface area contributed by atoms with Gasteiger partial charge in [0.25, 0.3) is 0 Å². The molecule has 7 nitrogen and oxygen atoms in total. The number of piperidine rings is 1. The third-order valence-electron chi connectivity index (χ3n) is 5.67. The van der Waals surface area contributed by atoms with Gasteiger partial charge >= 0.3 is 0 Å². The Hall–Kier alpha value is -0.860. The maximum atomic E-state index is 11.6. The number of hydrogen-bond acceptors (Lipinski definition) is 4. The lowest BCUT2D eigenvalue weighted by atomic mass is 9.64. The molecule has 2 N–H and O–H groups in total. The molecule has 0 aromatic heterocycles. The van der Waals surface area contributed by atoms with Crippen LogP contribution in [0.4, 0.5) is 0 Å². The fourth-order valence-electron chi connectivity index (χ4n) is 3.66. The SMILES string of the molecule is CCNC(=NCC1CCN(S(C)(=O)=O)CC1)NC1CC(OC)C1(C)C. The van der Waals surface area contributed by atoms with Crippen LogP contribution in [-0.2, 0) is 14.8 Å². The summed E-state index contributed by atoms with van der Waals surface area (Å²) in [6.45, 7) is 9.25. The average Bonchev–Trinajstić information content (AvgIpc) is 2.55. The van der Waals surface area contributed by atoms with E-state index in [1.165, 1.54) is 6.26 Å². The topological polar surface area (TPSA) is 83.0 Å². The van der Waals surface area contributed by atoms with E-state index in [-0.39, 0.29) is 11.5 Å². The summed E-state index contributed by atoms with van der Waals surface area (Å²) >= 11 is 0. The van der Waals surface area contributed by atoms with E-state index in [4.69, 9.17) is 9.73 Å². The monoisotopic (exact) mass is 374 g/mol. The van der Waals surface area contributed by atoms with E-state index in [9.17, 15) is 8.42 Å². The molecule has 0 amide bonds. The van der Waals surface area contributed by atoms with Gasteiger partial charge in [-0.15, -0.1) is 0 Å². The molecular formula is C17H34N4O3S. The molecule has 0 aromatic rings. The molecule has 8 heteroatoms. The Morgan fingerprint density at radius 1 is 1.32 bits per heavy atom. The van der Waals surface area contributed by atoms with Crippen molar-refractivity contribution in [3.8, 4) is 0 Å². The smallest absolute Gasteiger partial charge is 0.211 e. The van der Waals surface area contributed by atoms with Crippen molar-refractivity contribution in [3.05, 3.63) is 0 Å². The second-order valence-corrected chi connectivity index (χ2v) is 9.79. The van der Waals surface area contributed by atoms with Crippen LogP contribution in [-0.4, -0.2) is 70.4 Å². The van der Waals surface area contributed by atoms with Crippen molar-refractivity contribution < 1.29 is 13.2 Å². The highest BCUT2D eigenvalue weighted by atomic mass is 32.2. The number of hydrogen-bond donors (Lipinski definition) is 2. The van der Waals surface area contributed by atoms with Crippen LogP contribution in [0.3, 0.4) is 0 Å². The van der Waals surface area contributed by atoms with E-state index >= 15 is 0 Å². The van der Waals surface area contributed by atoms with Crippen LogP contribution in [0.15, 0.2) is 4.99 Å². The molecule has 0 aromatic carbocycles. The first-order valence-corrected chi connectivity index (χ1v) is 11.1. The Labute approximate surface area is 152 Å². The molecule has 1 aliphatic heterocycles. The maximum Gasteiger partial charge on any atom is 0.211 e. The number of sulfonamides is 1. The van der Waals surface area contributed by atoms with E-state index in [1.807, 2.05) is 0 Å². The molecule has 0 spiro atoms. The predicted molar refractivity (Wildman–Crippen MR) is 101 cm³/mol. The molecule has 1 saturated carbocycles. The van der Waals surface area contributed by atoms with E-state index in [0.29, 0.717) is 25.0 Å². The van der Waals surface area contributed by atoms with Crippen molar-refractivity contribution in [2.75, 3.05) is 39.5 Å². The first-order chi connectivity index (χ1) is 11.7. The number of ether oxygens (including phenoxy) is 1. The van der Waals surface area contributed by atoms with Gasteiger partial charge in [-0.3, -0.25) is 4.99 Å². The Kier molecular flexibility index (Phi) is 6.73. The lowest BCUT2D eigenvalue weighted by Crippen LogP contribution is -2.63. The van der Waals surface area contributed by atoms with Crippen LogP contribution in [0.1, 0.15) is 40.0 Å². The third kappa shape index (κ3) is 5.08. The fraction of sp³-hybridized carbons (Fsp3) is 0.941. The largest absolute Gasteiger partial charge is 0.381 e. The van der Waals surface area contributed by atoms with Gasteiger partial charge in [0.15, 0.2) is 5.96 Å². The molecule has 2 unspecified atom stereocenters. The second kappa shape index (κ2) is 8.22. The average molecular weight is 375 g/mol. The molecule has 1 aliphatic carbocycles. The Bertz CT molecular complexity index is 568. The van der Waals surface area contributed by atoms with E-state index in [0.717, 1.165) is 38.3 Å². The lowest BCUT2D eigenvalue weighted by molar-refractivity contribution is -0.0922. The first kappa shape index (κ1) is 20.5. The lowest BCUT2D eigenvalue weighted by Gasteiger charge is -2.51. The van der Waals surface area contributed by atoms with Gasteiger partial charge in [0.1, 0.15) is 0 Å². The number of methoxy groups -OCH3 is 1. The van der Waals surface area contributed by atoms with Crippen molar-refractivity contribution in [2.24, 2.45) is 16.3 Å². The molecule has 1 heterocycles. The van der Waals surface area contributed by atoms with Gasteiger partial charge in [0, 0.05) is 44.7 Å². The van der Waals surface area contributed by atoms with Gasteiger partial charge in [0.2, 0.25) is 10.0 Å². The van der Waals surface area contributed by atoms with Crippen LogP contribution in [0, 0.1) is 11.3 Å². The molecule has 2 atom stereocenters. The first-order valence-electron chi connectivity index (χ1n) is 9.21. The van der Waals surface area contributed by atoms with Crippen LogP contribution in [0.2, 0.25) is 0 Å². The highest BCUT2D eigenvalue weighted by molar-refractivity contribution is 7.88. The maximum absolute atomic E-state index is 11.6. The summed E-state index contributed by atoms with van der Waals surface area (Å²) in [7, 11) is -1.29. The van der Waals surface area contributed by atoms with Crippen molar-refractivity contribution in [2.45, 2.75) is 52.2 Å². The molecule has 146 valence electrons. The molecular weight excluding hydrogens is 340 g/mol. The van der Waals surface area contributed by atoms with Gasteiger partial charge in [-0.05, 0) is 32.1 Å². The standard InChI is InChI=1S/C17H34N4O3S/c1-6-18-16(20-14-11-15(24-4)17(14,2)3)19-12-13-7-9-21(10-8-13)25(5,22)23/h13-15H,6-12H2,1-5H3,(H2,18,19,20). The minimum Gasteiger partial charge on any atom is -0.381 e. The zero-order chi connectivity index (χ0) is 18.7. The van der Waals surface area contributed by atoms with Crippen molar-refractivity contribution in [1.29, 1.82) is 0 Å². The summed E-state index contributed by atoms with van der Waals surface area (Å²) in [4.78, 5) is 4.75. The summed E-state index contributed by atoms with van der Waals surface area (Å²) in [5.41, 5.74) is 0.0891. The van der Waals surface area contributed by atoms with Gasteiger partial charge in [-0.2, -0.15) is 0 Å². The minimum absolute atomic E-state index is 0.0891. The fourth-order valence-corrected chi connectivity index (χ4v) is 4.53. The summed E-state index contributed by atoms with van der Waals surface area (Å²) in [5, 5.41) is 6.85. The summed E-state index contributed by atoms with van der Waals surface area (Å²) in [5.74, 6) is 1.29. The summed E-state index contributed by atoms with van der Waals surface area (Å²) < 4.78 is 30.3. The van der Waals surface area contributed by atoms with Gasteiger partial charge < -0.3 is 15.4 Å². The predicted octanol–water partition coefficient (Wildman–Crippen LogP) is 1.03. The van der Waals surface area contributed by atoms with Gasteiger partial charge in [-0.1, -0.05) is 13.8 Å². The molecule has 2 rings (SSSR count). The van der Waals surface area contributed by atoms with Crippen LogP contribution < -0.4 is 10.6 Å². The minimum atomic E-state index is -3.06. The third-order valence-corrected chi connectivity index (χ3v) is 6.97.